The highest BCUT2D eigenvalue weighted by Crippen LogP contribution is 2.49. The number of fused-ring (bicyclic) bond motifs is 1. The van der Waals surface area contributed by atoms with E-state index in [-0.39, 0.29) is 29.2 Å². The molecular formula is C33H28ClN3O5. The van der Waals surface area contributed by atoms with Crippen molar-refractivity contribution in [2.24, 2.45) is 5.41 Å². The molecule has 3 aromatic carbocycles. The normalized spacial score (nSPS) is 17.6. The topological polar surface area (TPSA) is 106 Å². The van der Waals surface area contributed by atoms with Gasteiger partial charge in [-0.2, -0.15) is 0 Å². The van der Waals surface area contributed by atoms with Gasteiger partial charge in [0, 0.05) is 40.4 Å². The van der Waals surface area contributed by atoms with Crippen LogP contribution in [0.1, 0.15) is 44.1 Å². The van der Waals surface area contributed by atoms with Crippen LogP contribution >= 0.6 is 11.6 Å². The standard InChI is InChI=1S/C33H28ClN3O5/c1-33(2)18-25-31(27(38)19-33)32(29-15-14-28(42-29)21-6-5-7-23(17-21)37(40)41)36(26-9-4-3-8-24(26)35-25)30(39)16-20-10-12-22(34)13-11-20/h3-15,17,32,35H,16,18-19H2,1-2H3. The largest absolute Gasteiger partial charge is 0.458 e. The van der Waals surface area contributed by atoms with Gasteiger partial charge in [0.05, 0.1) is 22.7 Å². The van der Waals surface area contributed by atoms with Crippen LogP contribution in [0.25, 0.3) is 11.3 Å². The van der Waals surface area contributed by atoms with Crippen molar-refractivity contribution in [1.82, 2.24) is 0 Å². The molecule has 1 aromatic heterocycles. The van der Waals surface area contributed by atoms with Crippen LogP contribution in [0.4, 0.5) is 17.1 Å². The third kappa shape index (κ3) is 5.21. The molecule has 1 unspecified atom stereocenters. The molecule has 8 nitrogen and oxygen atoms in total. The molecular weight excluding hydrogens is 554 g/mol. The molecule has 1 atom stereocenters. The van der Waals surface area contributed by atoms with E-state index in [2.05, 4.69) is 19.2 Å². The van der Waals surface area contributed by atoms with E-state index in [9.17, 15) is 19.7 Å². The summed E-state index contributed by atoms with van der Waals surface area (Å²) in [7, 11) is 0. The van der Waals surface area contributed by atoms with Crippen molar-refractivity contribution in [2.75, 3.05) is 10.2 Å². The second kappa shape index (κ2) is 10.6. The number of anilines is 2. The molecule has 1 aliphatic heterocycles. The Balaban J connectivity index is 1.52. The molecule has 42 heavy (non-hydrogen) atoms. The fraction of sp³-hybridized carbons (Fsp3) is 0.212. The van der Waals surface area contributed by atoms with Gasteiger partial charge in [-0.15, -0.1) is 0 Å². The molecule has 9 heteroatoms. The lowest BCUT2D eigenvalue weighted by atomic mass is 9.74. The highest BCUT2D eigenvalue weighted by Gasteiger charge is 2.44. The number of carbonyl (C=O) groups excluding carboxylic acids is 2. The van der Waals surface area contributed by atoms with Crippen molar-refractivity contribution >= 4 is 40.4 Å². The molecule has 212 valence electrons. The van der Waals surface area contributed by atoms with Gasteiger partial charge in [0.15, 0.2) is 5.78 Å². The van der Waals surface area contributed by atoms with Crippen molar-refractivity contribution < 1.29 is 18.9 Å². The van der Waals surface area contributed by atoms with Gasteiger partial charge in [-0.05, 0) is 53.8 Å². The third-order valence-electron chi connectivity index (χ3n) is 7.68. The summed E-state index contributed by atoms with van der Waals surface area (Å²) < 4.78 is 6.36. The molecule has 0 bridgehead atoms. The Morgan fingerprint density at radius 2 is 1.81 bits per heavy atom. The van der Waals surface area contributed by atoms with E-state index in [0.29, 0.717) is 51.9 Å². The van der Waals surface area contributed by atoms with Gasteiger partial charge in [-0.25, -0.2) is 0 Å². The Labute approximate surface area is 247 Å². The number of halogens is 1. The second-order valence-corrected chi connectivity index (χ2v) is 11.9. The number of para-hydroxylation sites is 2. The number of nitro benzene ring substituents is 1. The summed E-state index contributed by atoms with van der Waals surface area (Å²) >= 11 is 6.09. The minimum atomic E-state index is -0.855. The van der Waals surface area contributed by atoms with E-state index in [1.807, 2.05) is 36.4 Å². The summed E-state index contributed by atoms with van der Waals surface area (Å²) in [6, 6.07) is 23.4. The van der Waals surface area contributed by atoms with E-state index in [1.54, 1.807) is 41.3 Å². The van der Waals surface area contributed by atoms with Gasteiger partial charge < -0.3 is 9.73 Å². The van der Waals surface area contributed by atoms with Crippen LogP contribution in [-0.2, 0) is 16.0 Å². The molecule has 1 amide bonds. The lowest BCUT2D eigenvalue weighted by Gasteiger charge is -2.36. The number of allylic oxidation sites excluding steroid dienone is 1. The number of rotatable bonds is 5. The first-order valence-corrected chi connectivity index (χ1v) is 14.0. The Bertz CT molecular complexity index is 1760. The zero-order chi connectivity index (χ0) is 29.6. The number of benzene rings is 3. The minimum absolute atomic E-state index is 0.0625. The number of amides is 1. The Morgan fingerprint density at radius 3 is 2.57 bits per heavy atom. The number of nitrogens with one attached hydrogen (secondary N) is 1. The van der Waals surface area contributed by atoms with Crippen LogP contribution in [-0.4, -0.2) is 16.6 Å². The molecule has 2 aliphatic rings. The molecule has 2 heterocycles. The van der Waals surface area contributed by atoms with Crippen LogP contribution in [0.5, 0.6) is 0 Å². The summed E-state index contributed by atoms with van der Waals surface area (Å²) in [5, 5.41) is 15.5. The maximum Gasteiger partial charge on any atom is 0.270 e. The van der Waals surface area contributed by atoms with Crippen molar-refractivity contribution in [3.63, 3.8) is 0 Å². The first-order chi connectivity index (χ1) is 20.1. The Kier molecular flexibility index (Phi) is 6.94. The van der Waals surface area contributed by atoms with Crippen molar-refractivity contribution in [1.29, 1.82) is 0 Å². The number of Topliss-reactive ketones (excluding diaryl/α,β-unsaturated/α-hetero) is 1. The van der Waals surface area contributed by atoms with Gasteiger partial charge in [-0.1, -0.05) is 61.8 Å². The van der Waals surface area contributed by atoms with Gasteiger partial charge in [0.1, 0.15) is 17.6 Å². The van der Waals surface area contributed by atoms with Gasteiger partial charge in [0.25, 0.3) is 5.69 Å². The molecule has 4 aromatic rings. The fourth-order valence-corrected chi connectivity index (χ4v) is 5.95. The predicted molar refractivity (Wildman–Crippen MR) is 161 cm³/mol. The number of non-ortho nitro benzene ring substituents is 1. The van der Waals surface area contributed by atoms with Crippen LogP contribution in [0, 0.1) is 15.5 Å². The molecule has 0 saturated heterocycles. The smallest absolute Gasteiger partial charge is 0.270 e. The number of nitrogens with zero attached hydrogens (tertiary/aromatic N) is 2. The maximum atomic E-state index is 14.3. The first-order valence-electron chi connectivity index (χ1n) is 13.6. The van der Waals surface area contributed by atoms with E-state index >= 15 is 0 Å². The molecule has 0 spiro atoms. The lowest BCUT2D eigenvalue weighted by Crippen LogP contribution is -2.40. The van der Waals surface area contributed by atoms with Crippen LogP contribution in [0.15, 0.2) is 101 Å². The number of hydrogen-bond acceptors (Lipinski definition) is 6. The van der Waals surface area contributed by atoms with E-state index in [1.165, 1.54) is 12.1 Å². The zero-order valence-corrected chi connectivity index (χ0v) is 23.9. The van der Waals surface area contributed by atoms with Crippen molar-refractivity contribution in [3.05, 3.63) is 123 Å². The zero-order valence-electron chi connectivity index (χ0n) is 23.1. The quantitative estimate of drug-likeness (QED) is 0.190. The van der Waals surface area contributed by atoms with Crippen LogP contribution < -0.4 is 10.2 Å². The average Bonchev–Trinajstić information content (AvgIpc) is 3.38. The summed E-state index contributed by atoms with van der Waals surface area (Å²) in [6.07, 6.45) is 0.997. The van der Waals surface area contributed by atoms with Crippen molar-refractivity contribution in [3.8, 4) is 11.3 Å². The van der Waals surface area contributed by atoms with Gasteiger partial charge in [-0.3, -0.25) is 24.6 Å². The molecule has 0 fully saturated rings. The fourth-order valence-electron chi connectivity index (χ4n) is 5.82. The van der Waals surface area contributed by atoms with Gasteiger partial charge in [0.2, 0.25) is 5.91 Å². The number of furan rings is 1. The predicted octanol–water partition coefficient (Wildman–Crippen LogP) is 7.89. The minimum Gasteiger partial charge on any atom is -0.458 e. The van der Waals surface area contributed by atoms with E-state index < -0.39 is 11.0 Å². The molecule has 0 radical (unpaired) electrons. The van der Waals surface area contributed by atoms with E-state index in [4.69, 9.17) is 16.0 Å². The first kappa shape index (κ1) is 27.5. The SMILES string of the molecule is CC1(C)CC(=O)C2=C(C1)Nc1ccccc1N(C(=O)Cc1ccc(Cl)cc1)C2c1ccc(-c2cccc([N+](=O)[O-])c2)o1. The van der Waals surface area contributed by atoms with E-state index in [0.717, 1.165) is 11.3 Å². The van der Waals surface area contributed by atoms with Gasteiger partial charge >= 0.3 is 0 Å². The molecule has 0 saturated carbocycles. The monoisotopic (exact) mass is 581 g/mol. The number of ketones is 1. The Hall–Kier alpha value is -4.69. The summed E-state index contributed by atoms with van der Waals surface area (Å²) in [4.78, 5) is 40.8. The number of carbonyl (C=O) groups is 2. The maximum absolute atomic E-state index is 14.3. The third-order valence-corrected chi connectivity index (χ3v) is 7.93. The molecule has 6 rings (SSSR count). The highest BCUT2D eigenvalue weighted by atomic mass is 35.5. The second-order valence-electron chi connectivity index (χ2n) is 11.5. The lowest BCUT2D eigenvalue weighted by molar-refractivity contribution is -0.384. The Morgan fingerprint density at radius 1 is 1.05 bits per heavy atom. The van der Waals surface area contributed by atoms with Crippen LogP contribution in [0.3, 0.4) is 0 Å². The van der Waals surface area contributed by atoms with Crippen molar-refractivity contribution in [2.45, 2.75) is 39.2 Å². The average molecular weight is 582 g/mol. The summed E-state index contributed by atoms with van der Waals surface area (Å²) in [5.74, 6) is 0.496. The highest BCUT2D eigenvalue weighted by molar-refractivity contribution is 6.30. The number of hydrogen-bond donors (Lipinski definition) is 1. The summed E-state index contributed by atoms with van der Waals surface area (Å²) in [6.45, 7) is 4.11. The summed E-state index contributed by atoms with van der Waals surface area (Å²) in [5.41, 5.74) is 3.53. The molecule has 1 N–H and O–H groups in total. The molecule has 1 aliphatic carbocycles. The number of nitro groups is 1. The van der Waals surface area contributed by atoms with Crippen LogP contribution in [0.2, 0.25) is 5.02 Å².